The number of rotatable bonds is 10. The van der Waals surface area contributed by atoms with Crippen LogP contribution in [-0.4, -0.2) is 60.1 Å². The third-order valence-corrected chi connectivity index (χ3v) is 5.80. The van der Waals surface area contributed by atoms with Crippen LogP contribution in [0.25, 0.3) is 0 Å². The molecular weight excluding hydrogens is 498 g/mol. The first-order valence-electron chi connectivity index (χ1n) is 10.8. The lowest BCUT2D eigenvalue weighted by Crippen LogP contribution is -2.60. The summed E-state index contributed by atoms with van der Waals surface area (Å²) in [4.78, 5) is 38.9. The zero-order valence-corrected chi connectivity index (χ0v) is 20.9. The van der Waals surface area contributed by atoms with Gasteiger partial charge in [0.2, 0.25) is 5.91 Å². The summed E-state index contributed by atoms with van der Waals surface area (Å²) in [5.41, 5.74) is 0.386. The van der Waals surface area contributed by atoms with E-state index in [0.29, 0.717) is 42.1 Å². The summed E-state index contributed by atoms with van der Waals surface area (Å²) in [7, 11) is 0. The Morgan fingerprint density at radius 1 is 1.25 bits per heavy atom. The predicted molar refractivity (Wildman–Crippen MR) is 129 cm³/mol. The van der Waals surface area contributed by atoms with Gasteiger partial charge in [-0.2, -0.15) is 0 Å². The van der Waals surface area contributed by atoms with E-state index in [2.05, 4.69) is 33.5 Å². The van der Waals surface area contributed by atoms with Crippen LogP contribution in [0, 0.1) is 0 Å². The highest BCUT2D eigenvalue weighted by molar-refractivity contribution is 9.10. The van der Waals surface area contributed by atoms with Crippen molar-refractivity contribution in [1.29, 1.82) is 0 Å². The summed E-state index contributed by atoms with van der Waals surface area (Å²) >= 11 is 8.81. The van der Waals surface area contributed by atoms with E-state index in [-0.39, 0.29) is 17.4 Å². The van der Waals surface area contributed by atoms with Gasteiger partial charge in [0.05, 0.1) is 24.1 Å². The van der Waals surface area contributed by atoms with Crippen LogP contribution in [0.5, 0.6) is 5.75 Å². The Balaban J connectivity index is 1.99. The average molecular weight is 528 g/mol. The fraction of sp³-hybridized carbons (Fsp3) is 0.545. The molecule has 0 spiro atoms. The molecule has 2 amide bonds. The number of piperazine rings is 1. The van der Waals surface area contributed by atoms with E-state index >= 15 is 0 Å². The predicted octanol–water partition coefficient (Wildman–Crippen LogP) is 3.18. The normalized spacial score (nSPS) is 15.7. The van der Waals surface area contributed by atoms with Crippen molar-refractivity contribution in [3.8, 4) is 5.75 Å². The minimum atomic E-state index is -0.827. The molecule has 0 radical (unpaired) electrons. The number of carbonyl (C=O) groups excluding carboxylic acids is 3. The number of halogens is 1. The molecular formula is C22H30BrN3O5S. The van der Waals surface area contributed by atoms with E-state index in [9.17, 15) is 14.4 Å². The molecule has 1 aromatic carbocycles. The molecule has 1 unspecified atom stereocenters. The van der Waals surface area contributed by atoms with Gasteiger partial charge < -0.3 is 19.7 Å². The Bertz CT molecular complexity index is 836. The molecule has 1 aliphatic rings. The van der Waals surface area contributed by atoms with Crippen LogP contribution in [0.2, 0.25) is 0 Å². The van der Waals surface area contributed by atoms with Crippen LogP contribution in [-0.2, 0) is 14.3 Å². The van der Waals surface area contributed by atoms with Gasteiger partial charge in [-0.3, -0.25) is 19.7 Å². The molecule has 0 aliphatic carbocycles. The summed E-state index contributed by atoms with van der Waals surface area (Å²) in [5.74, 6) is -0.548. The SMILES string of the molecule is CCCCCOC(=O)CC1C(=O)NCCN1C(=S)NC(=O)c1ccc(OCCC)c(Br)c1. The molecule has 0 aromatic heterocycles. The highest BCUT2D eigenvalue weighted by Crippen LogP contribution is 2.26. The van der Waals surface area contributed by atoms with E-state index in [1.54, 1.807) is 23.1 Å². The topological polar surface area (TPSA) is 97.0 Å². The van der Waals surface area contributed by atoms with E-state index in [1.165, 1.54) is 0 Å². The van der Waals surface area contributed by atoms with E-state index in [1.807, 2.05) is 6.92 Å². The molecule has 8 nitrogen and oxygen atoms in total. The number of unbranched alkanes of at least 4 members (excludes halogenated alkanes) is 2. The maximum atomic E-state index is 12.7. The fourth-order valence-corrected chi connectivity index (χ4v) is 3.93. The first-order chi connectivity index (χ1) is 15.4. The average Bonchev–Trinajstić information content (AvgIpc) is 2.77. The number of esters is 1. The van der Waals surface area contributed by atoms with Crippen molar-refractivity contribution in [2.24, 2.45) is 0 Å². The van der Waals surface area contributed by atoms with E-state index < -0.39 is 17.9 Å². The second-order valence-electron chi connectivity index (χ2n) is 7.38. The van der Waals surface area contributed by atoms with Crippen molar-refractivity contribution in [2.75, 3.05) is 26.3 Å². The number of ether oxygens (including phenoxy) is 2. The lowest BCUT2D eigenvalue weighted by molar-refractivity contribution is -0.147. The quantitative estimate of drug-likeness (QED) is 0.274. The molecule has 1 fully saturated rings. The van der Waals surface area contributed by atoms with Crippen molar-refractivity contribution in [3.05, 3.63) is 28.2 Å². The largest absolute Gasteiger partial charge is 0.492 e. The van der Waals surface area contributed by atoms with Gasteiger partial charge in [0, 0.05) is 18.7 Å². The van der Waals surface area contributed by atoms with Crippen LogP contribution in [0.15, 0.2) is 22.7 Å². The van der Waals surface area contributed by atoms with Gasteiger partial charge in [-0.1, -0.05) is 26.7 Å². The van der Waals surface area contributed by atoms with Gasteiger partial charge in [0.1, 0.15) is 11.8 Å². The van der Waals surface area contributed by atoms with Crippen molar-refractivity contribution >= 4 is 51.0 Å². The van der Waals surface area contributed by atoms with Gasteiger partial charge in [-0.25, -0.2) is 0 Å². The van der Waals surface area contributed by atoms with Gasteiger partial charge >= 0.3 is 5.97 Å². The Hall–Kier alpha value is -2.20. The number of nitrogens with zero attached hydrogens (tertiary/aromatic N) is 1. The molecule has 2 rings (SSSR count). The Kier molecular flexibility index (Phi) is 10.9. The Morgan fingerprint density at radius 2 is 2.03 bits per heavy atom. The molecule has 32 heavy (non-hydrogen) atoms. The molecule has 176 valence electrons. The zero-order valence-electron chi connectivity index (χ0n) is 18.4. The van der Waals surface area contributed by atoms with Crippen molar-refractivity contribution in [2.45, 2.75) is 52.0 Å². The second-order valence-corrected chi connectivity index (χ2v) is 8.63. The lowest BCUT2D eigenvalue weighted by Gasteiger charge is -2.36. The van der Waals surface area contributed by atoms with Gasteiger partial charge in [0.25, 0.3) is 5.91 Å². The van der Waals surface area contributed by atoms with Crippen LogP contribution in [0.1, 0.15) is 56.3 Å². The number of hydrogen-bond donors (Lipinski definition) is 2. The summed E-state index contributed by atoms with van der Waals surface area (Å²) in [6, 6.07) is 4.18. The maximum absolute atomic E-state index is 12.7. The number of benzene rings is 1. The third-order valence-electron chi connectivity index (χ3n) is 4.84. The number of thiocarbonyl (C=S) groups is 1. The molecule has 1 atom stereocenters. The Labute approximate surface area is 202 Å². The van der Waals surface area contributed by atoms with Gasteiger partial charge in [-0.15, -0.1) is 0 Å². The van der Waals surface area contributed by atoms with Crippen molar-refractivity contribution < 1.29 is 23.9 Å². The Morgan fingerprint density at radius 3 is 2.72 bits per heavy atom. The first-order valence-corrected chi connectivity index (χ1v) is 12.0. The summed E-state index contributed by atoms with van der Waals surface area (Å²) < 4.78 is 11.5. The molecule has 1 saturated heterocycles. The summed E-state index contributed by atoms with van der Waals surface area (Å²) in [6.07, 6.45) is 3.52. The molecule has 0 bridgehead atoms. The number of hydrogen-bond acceptors (Lipinski definition) is 6. The smallest absolute Gasteiger partial charge is 0.308 e. The number of carbonyl (C=O) groups is 3. The minimum absolute atomic E-state index is 0.0936. The standard InChI is InChI=1S/C22H30BrN3O5S/c1-3-5-6-12-31-19(27)14-17-21(29)24-9-10-26(17)22(32)25-20(28)15-7-8-18(16(23)13-15)30-11-4-2/h7-8,13,17H,3-6,9-12,14H2,1-2H3,(H,24,29)(H,25,28,32). The highest BCUT2D eigenvalue weighted by atomic mass is 79.9. The molecule has 1 aromatic rings. The third kappa shape index (κ3) is 7.74. The van der Waals surface area contributed by atoms with Gasteiger partial charge in [0.15, 0.2) is 5.11 Å². The molecule has 1 heterocycles. The van der Waals surface area contributed by atoms with Gasteiger partial charge in [-0.05, 0) is 59.2 Å². The maximum Gasteiger partial charge on any atom is 0.308 e. The molecule has 1 aliphatic heterocycles. The number of amides is 2. The molecule has 10 heteroatoms. The van der Waals surface area contributed by atoms with Crippen LogP contribution in [0.4, 0.5) is 0 Å². The zero-order chi connectivity index (χ0) is 23.5. The monoisotopic (exact) mass is 527 g/mol. The molecule has 2 N–H and O–H groups in total. The van der Waals surface area contributed by atoms with Crippen molar-refractivity contribution in [1.82, 2.24) is 15.5 Å². The van der Waals surface area contributed by atoms with E-state index in [0.717, 1.165) is 25.7 Å². The van der Waals surface area contributed by atoms with Crippen molar-refractivity contribution in [3.63, 3.8) is 0 Å². The van der Waals surface area contributed by atoms with Crippen LogP contribution in [0.3, 0.4) is 0 Å². The minimum Gasteiger partial charge on any atom is -0.492 e. The van der Waals surface area contributed by atoms with Crippen LogP contribution < -0.4 is 15.4 Å². The van der Waals surface area contributed by atoms with Crippen LogP contribution >= 0.6 is 28.1 Å². The first kappa shape index (κ1) is 26.1. The van der Waals surface area contributed by atoms with E-state index in [4.69, 9.17) is 21.7 Å². The molecule has 0 saturated carbocycles. The number of nitrogens with one attached hydrogen (secondary N) is 2. The second kappa shape index (κ2) is 13.4. The summed E-state index contributed by atoms with van der Waals surface area (Å²) in [6.45, 7) is 5.73. The fourth-order valence-electron chi connectivity index (χ4n) is 3.13. The summed E-state index contributed by atoms with van der Waals surface area (Å²) in [5, 5.41) is 5.49. The highest BCUT2D eigenvalue weighted by Gasteiger charge is 2.34. The lowest BCUT2D eigenvalue weighted by atomic mass is 10.1.